The lowest BCUT2D eigenvalue weighted by atomic mass is 9.65. The van der Waals surface area contributed by atoms with Crippen LogP contribution in [0.15, 0.2) is 60.7 Å². The normalized spacial score (nSPS) is 34.8. The standard InChI is InChI=1S/C38H56/c1-38-29-27-35-18-12-6-3-2-5-10-17-34(35)25-26-37(38)22-14-21-32-20-13-19-31-15-9-7-4-8-11-16-33(31)23-24-36(32)28-30-38/h2-7,10,12,17-18,31-33,36-37H,8-9,11,13-16,19-30H2,1H3. The summed E-state index contributed by atoms with van der Waals surface area (Å²) in [7, 11) is 0. The lowest BCUT2D eigenvalue weighted by Crippen LogP contribution is -2.31. The second-order valence-electron chi connectivity index (χ2n) is 13.9. The SMILES string of the molecule is CC12CCc3ccccccccc3CCC1CCCC1CCCC3CCC=CCCCC3CCC1CC2. The Balaban J connectivity index is 1.31. The molecule has 2 saturated carbocycles. The predicted octanol–water partition coefficient (Wildman–Crippen LogP) is 11.2. The minimum Gasteiger partial charge on any atom is -0.0885 e. The highest BCUT2D eigenvalue weighted by molar-refractivity contribution is 5.26. The molecule has 5 rings (SSSR count). The molecule has 208 valence electrons. The average Bonchev–Trinajstić information content (AvgIpc) is 3.10. The van der Waals surface area contributed by atoms with Gasteiger partial charge in [-0.2, -0.15) is 0 Å². The number of allylic oxidation sites excluding steroid dienone is 2. The maximum absolute atomic E-state index is 2.71. The van der Waals surface area contributed by atoms with Crippen LogP contribution in [0.3, 0.4) is 0 Å². The minimum atomic E-state index is 0.515. The first kappa shape index (κ1) is 28.0. The zero-order valence-electron chi connectivity index (χ0n) is 24.6. The Morgan fingerprint density at radius 2 is 1.08 bits per heavy atom. The highest BCUT2D eigenvalue weighted by Gasteiger charge is 2.38. The summed E-state index contributed by atoms with van der Waals surface area (Å²) in [6.45, 7) is 2.71. The molecule has 0 aromatic heterocycles. The Bertz CT molecular complexity index is 940. The van der Waals surface area contributed by atoms with Crippen molar-refractivity contribution in [1.82, 2.24) is 0 Å². The lowest BCUT2D eigenvalue weighted by Gasteiger charge is -2.40. The number of hydrogen-bond acceptors (Lipinski definition) is 0. The highest BCUT2D eigenvalue weighted by Crippen LogP contribution is 2.49. The third kappa shape index (κ3) is 7.55. The van der Waals surface area contributed by atoms with E-state index in [1.165, 1.54) is 122 Å². The van der Waals surface area contributed by atoms with E-state index in [1.807, 2.05) is 0 Å². The van der Waals surface area contributed by atoms with E-state index in [1.54, 1.807) is 11.1 Å². The Kier molecular flexibility index (Phi) is 10.4. The summed E-state index contributed by atoms with van der Waals surface area (Å²) in [6.07, 6.45) is 32.4. The molecular formula is C38H56. The summed E-state index contributed by atoms with van der Waals surface area (Å²) in [5, 5.41) is 0. The molecule has 0 saturated heterocycles. The predicted molar refractivity (Wildman–Crippen MR) is 165 cm³/mol. The first-order chi connectivity index (χ1) is 18.7. The molecule has 1 aromatic carbocycles. The van der Waals surface area contributed by atoms with Crippen molar-refractivity contribution in [3.05, 3.63) is 71.8 Å². The summed E-state index contributed by atoms with van der Waals surface area (Å²) in [4.78, 5) is 0. The molecule has 2 fully saturated rings. The van der Waals surface area contributed by atoms with Crippen molar-refractivity contribution in [2.75, 3.05) is 0 Å². The van der Waals surface area contributed by atoms with E-state index < -0.39 is 0 Å². The van der Waals surface area contributed by atoms with Crippen LogP contribution < -0.4 is 0 Å². The summed E-state index contributed by atoms with van der Waals surface area (Å²) in [5.74, 6) is 4.91. The van der Waals surface area contributed by atoms with Crippen LogP contribution >= 0.6 is 0 Å². The first-order valence-electron chi connectivity index (χ1n) is 16.8. The summed E-state index contributed by atoms with van der Waals surface area (Å²) in [6, 6.07) is 18.1. The monoisotopic (exact) mass is 512 g/mol. The van der Waals surface area contributed by atoms with E-state index in [9.17, 15) is 0 Å². The van der Waals surface area contributed by atoms with Gasteiger partial charge in [-0.15, -0.1) is 0 Å². The van der Waals surface area contributed by atoms with Crippen LogP contribution in [0.4, 0.5) is 0 Å². The Morgan fingerprint density at radius 3 is 1.87 bits per heavy atom. The van der Waals surface area contributed by atoms with Gasteiger partial charge in [0.15, 0.2) is 0 Å². The van der Waals surface area contributed by atoms with Gasteiger partial charge in [-0.25, -0.2) is 0 Å². The zero-order chi connectivity index (χ0) is 26.0. The molecule has 0 amide bonds. The van der Waals surface area contributed by atoms with Crippen LogP contribution in [0.1, 0.15) is 127 Å². The van der Waals surface area contributed by atoms with Crippen molar-refractivity contribution in [3.8, 4) is 0 Å². The van der Waals surface area contributed by atoms with E-state index in [2.05, 4.69) is 67.6 Å². The average molecular weight is 513 g/mol. The second-order valence-corrected chi connectivity index (χ2v) is 13.9. The van der Waals surface area contributed by atoms with E-state index >= 15 is 0 Å². The van der Waals surface area contributed by atoms with E-state index in [0.717, 1.165) is 29.6 Å². The first-order valence-corrected chi connectivity index (χ1v) is 16.8. The number of fused-ring (bicyclic) bond motifs is 4. The van der Waals surface area contributed by atoms with Crippen LogP contribution in [-0.4, -0.2) is 0 Å². The van der Waals surface area contributed by atoms with Gasteiger partial charge in [0.25, 0.3) is 0 Å². The lowest BCUT2D eigenvalue weighted by molar-refractivity contribution is 0.119. The van der Waals surface area contributed by atoms with Gasteiger partial charge in [0.1, 0.15) is 0 Å². The molecule has 4 aliphatic rings. The van der Waals surface area contributed by atoms with Crippen molar-refractivity contribution in [3.63, 3.8) is 0 Å². The van der Waals surface area contributed by atoms with Gasteiger partial charge in [0, 0.05) is 0 Å². The van der Waals surface area contributed by atoms with E-state index in [-0.39, 0.29) is 0 Å². The van der Waals surface area contributed by atoms with Gasteiger partial charge in [0.05, 0.1) is 0 Å². The smallest absolute Gasteiger partial charge is 0.0271 e. The van der Waals surface area contributed by atoms with Crippen molar-refractivity contribution < 1.29 is 0 Å². The van der Waals surface area contributed by atoms with Gasteiger partial charge < -0.3 is 0 Å². The molecular weight excluding hydrogens is 456 g/mol. The Labute approximate surface area is 235 Å². The van der Waals surface area contributed by atoms with Gasteiger partial charge in [-0.3, -0.25) is 0 Å². The molecule has 0 heterocycles. The molecule has 4 aliphatic carbocycles. The Hall–Kier alpha value is -1.56. The van der Waals surface area contributed by atoms with Gasteiger partial charge in [0.2, 0.25) is 0 Å². The molecule has 0 N–H and O–H groups in total. The summed E-state index contributed by atoms with van der Waals surface area (Å²) in [5.41, 5.74) is 3.71. The van der Waals surface area contributed by atoms with Crippen molar-refractivity contribution >= 4 is 0 Å². The fourth-order valence-corrected chi connectivity index (χ4v) is 9.15. The largest absolute Gasteiger partial charge is 0.0885 e. The molecule has 6 atom stereocenters. The highest BCUT2D eigenvalue weighted by atomic mass is 14.4. The minimum absolute atomic E-state index is 0.515. The van der Waals surface area contributed by atoms with Gasteiger partial charge in [-0.1, -0.05) is 99.7 Å². The topological polar surface area (TPSA) is 0 Å². The van der Waals surface area contributed by atoms with Gasteiger partial charge >= 0.3 is 0 Å². The number of hydrogen-bond donors (Lipinski definition) is 0. The third-order valence-electron chi connectivity index (χ3n) is 11.7. The van der Waals surface area contributed by atoms with Crippen molar-refractivity contribution in [1.29, 1.82) is 0 Å². The third-order valence-corrected chi connectivity index (χ3v) is 11.7. The number of aryl methyl sites for hydroxylation is 2. The maximum Gasteiger partial charge on any atom is -0.0271 e. The van der Waals surface area contributed by atoms with E-state index in [0.29, 0.717) is 5.41 Å². The second kappa shape index (κ2) is 14.2. The molecule has 0 radical (unpaired) electrons. The van der Waals surface area contributed by atoms with Crippen LogP contribution in [0.25, 0.3) is 0 Å². The van der Waals surface area contributed by atoms with Crippen LogP contribution in [0, 0.1) is 35.0 Å². The molecule has 6 unspecified atom stereocenters. The molecule has 0 heteroatoms. The molecule has 1 aromatic rings. The van der Waals surface area contributed by atoms with E-state index in [4.69, 9.17) is 0 Å². The van der Waals surface area contributed by atoms with Gasteiger partial charge in [-0.05, 0) is 136 Å². The fraction of sp³-hybridized carbons (Fsp3) is 0.684. The van der Waals surface area contributed by atoms with Crippen LogP contribution in [-0.2, 0) is 12.8 Å². The molecule has 0 bridgehead atoms. The molecule has 0 nitrogen and oxygen atoms in total. The quantitative estimate of drug-likeness (QED) is 0.303. The van der Waals surface area contributed by atoms with Crippen molar-refractivity contribution in [2.45, 2.75) is 129 Å². The number of rotatable bonds is 0. The molecule has 0 spiro atoms. The maximum atomic E-state index is 2.71. The molecule has 0 aliphatic heterocycles. The molecule has 38 heavy (non-hydrogen) atoms. The van der Waals surface area contributed by atoms with Crippen LogP contribution in [0.5, 0.6) is 0 Å². The fourth-order valence-electron chi connectivity index (χ4n) is 9.15. The zero-order valence-corrected chi connectivity index (χ0v) is 24.6. The Morgan fingerprint density at radius 1 is 0.500 bits per heavy atom. The summed E-state index contributed by atoms with van der Waals surface area (Å²) < 4.78 is 0. The van der Waals surface area contributed by atoms with Crippen molar-refractivity contribution in [2.24, 2.45) is 35.0 Å². The summed E-state index contributed by atoms with van der Waals surface area (Å²) >= 11 is 0. The van der Waals surface area contributed by atoms with Crippen LogP contribution in [0.2, 0.25) is 0 Å².